The molecule has 1 fully saturated rings. The Morgan fingerprint density at radius 3 is 2.69 bits per heavy atom. The van der Waals surface area contributed by atoms with Crippen LogP contribution >= 0.6 is 11.3 Å². The average Bonchev–Trinajstić information content (AvgIpc) is 3.41. The first-order chi connectivity index (χ1) is 14.0. The van der Waals surface area contributed by atoms with E-state index >= 15 is 0 Å². The molecule has 0 bridgehead atoms. The van der Waals surface area contributed by atoms with Gasteiger partial charge >= 0.3 is 0 Å². The van der Waals surface area contributed by atoms with Crippen LogP contribution in [0.4, 0.5) is 10.1 Å². The third kappa shape index (κ3) is 4.02. The van der Waals surface area contributed by atoms with Gasteiger partial charge in [-0.1, -0.05) is 6.07 Å². The number of tetrazole rings is 1. The zero-order valence-corrected chi connectivity index (χ0v) is 16.5. The molecule has 10 heteroatoms. The van der Waals surface area contributed by atoms with Gasteiger partial charge in [-0.25, -0.2) is 4.39 Å². The van der Waals surface area contributed by atoms with Crippen molar-refractivity contribution in [3.63, 3.8) is 0 Å². The summed E-state index contributed by atoms with van der Waals surface area (Å²) >= 11 is 1.42. The lowest BCUT2D eigenvalue weighted by Crippen LogP contribution is -2.41. The summed E-state index contributed by atoms with van der Waals surface area (Å²) in [5.74, 6) is -0.377. The molecule has 1 saturated heterocycles. The SMILES string of the molecule is Cc1nnnn1-c1cc(NC(=O)C2CCN(C(=O)c3cccs3)CC2)ccc1F. The normalized spacial score (nSPS) is 14.8. The zero-order chi connectivity index (χ0) is 20.4. The van der Waals surface area contributed by atoms with E-state index in [0.717, 1.165) is 0 Å². The van der Waals surface area contributed by atoms with Gasteiger partial charge in [-0.2, -0.15) is 4.68 Å². The summed E-state index contributed by atoms with van der Waals surface area (Å²) in [5.41, 5.74) is 0.639. The van der Waals surface area contributed by atoms with Crippen molar-refractivity contribution in [3.05, 3.63) is 52.2 Å². The Balaban J connectivity index is 1.39. The van der Waals surface area contributed by atoms with Crippen LogP contribution in [0.15, 0.2) is 35.7 Å². The number of likely N-dealkylation sites (tertiary alicyclic amines) is 1. The minimum Gasteiger partial charge on any atom is -0.338 e. The number of hydrogen-bond acceptors (Lipinski definition) is 6. The van der Waals surface area contributed by atoms with Crippen LogP contribution in [-0.2, 0) is 4.79 Å². The minimum absolute atomic E-state index is 0.0128. The number of benzene rings is 1. The van der Waals surface area contributed by atoms with Gasteiger partial charge in [-0.05, 0) is 59.8 Å². The van der Waals surface area contributed by atoms with E-state index in [1.165, 1.54) is 34.2 Å². The second kappa shape index (κ2) is 8.08. The van der Waals surface area contributed by atoms with E-state index in [4.69, 9.17) is 0 Å². The maximum absolute atomic E-state index is 14.2. The molecule has 2 amide bonds. The summed E-state index contributed by atoms with van der Waals surface area (Å²) in [6, 6.07) is 7.95. The Bertz CT molecular complexity index is 1030. The molecule has 0 saturated carbocycles. The summed E-state index contributed by atoms with van der Waals surface area (Å²) in [6.07, 6.45) is 1.17. The number of aromatic nitrogens is 4. The van der Waals surface area contributed by atoms with Crippen molar-refractivity contribution in [3.8, 4) is 5.69 Å². The number of nitrogens with zero attached hydrogens (tertiary/aromatic N) is 5. The third-order valence-electron chi connectivity index (χ3n) is 4.95. The highest BCUT2D eigenvalue weighted by molar-refractivity contribution is 7.12. The lowest BCUT2D eigenvalue weighted by molar-refractivity contribution is -0.121. The molecule has 0 atom stereocenters. The molecule has 0 spiro atoms. The Hall–Kier alpha value is -3.14. The van der Waals surface area contributed by atoms with Crippen LogP contribution in [0.5, 0.6) is 0 Å². The molecular weight excluding hydrogens is 395 g/mol. The van der Waals surface area contributed by atoms with E-state index in [1.807, 2.05) is 17.5 Å². The Kier molecular flexibility index (Phi) is 5.34. The van der Waals surface area contributed by atoms with Crippen molar-refractivity contribution in [2.45, 2.75) is 19.8 Å². The molecule has 1 aromatic carbocycles. The first kappa shape index (κ1) is 19.2. The largest absolute Gasteiger partial charge is 0.338 e. The number of nitrogens with one attached hydrogen (secondary N) is 1. The number of piperidine rings is 1. The smallest absolute Gasteiger partial charge is 0.263 e. The quantitative estimate of drug-likeness (QED) is 0.709. The summed E-state index contributed by atoms with van der Waals surface area (Å²) in [6.45, 7) is 2.73. The summed E-state index contributed by atoms with van der Waals surface area (Å²) in [5, 5.41) is 15.8. The third-order valence-corrected chi connectivity index (χ3v) is 5.81. The lowest BCUT2D eigenvalue weighted by Gasteiger charge is -2.31. The van der Waals surface area contributed by atoms with Gasteiger partial charge in [0.1, 0.15) is 11.5 Å². The summed E-state index contributed by atoms with van der Waals surface area (Å²) in [4.78, 5) is 27.6. The first-order valence-corrected chi connectivity index (χ1v) is 10.1. The van der Waals surface area contributed by atoms with Crippen LogP contribution < -0.4 is 5.32 Å². The predicted octanol–water partition coefficient (Wildman–Crippen LogP) is 2.66. The summed E-state index contributed by atoms with van der Waals surface area (Å²) in [7, 11) is 0. The van der Waals surface area contributed by atoms with Gasteiger partial charge in [0.05, 0.1) is 4.88 Å². The van der Waals surface area contributed by atoms with Crippen molar-refractivity contribution in [2.75, 3.05) is 18.4 Å². The molecule has 3 heterocycles. The maximum atomic E-state index is 14.2. The van der Waals surface area contributed by atoms with E-state index in [1.54, 1.807) is 11.8 Å². The van der Waals surface area contributed by atoms with Crippen LogP contribution in [0, 0.1) is 18.7 Å². The Morgan fingerprint density at radius 2 is 2.03 bits per heavy atom. The molecule has 1 N–H and O–H groups in total. The average molecular weight is 414 g/mol. The van der Waals surface area contributed by atoms with Crippen LogP contribution in [0.2, 0.25) is 0 Å². The van der Waals surface area contributed by atoms with Gasteiger partial charge in [0.15, 0.2) is 5.82 Å². The molecule has 1 aliphatic heterocycles. The number of aryl methyl sites for hydroxylation is 1. The van der Waals surface area contributed by atoms with Crippen LogP contribution in [0.3, 0.4) is 0 Å². The molecule has 4 rings (SSSR count). The molecule has 3 aromatic rings. The van der Waals surface area contributed by atoms with Gasteiger partial charge in [0, 0.05) is 24.7 Å². The number of carbonyl (C=O) groups is 2. The zero-order valence-electron chi connectivity index (χ0n) is 15.7. The minimum atomic E-state index is -0.487. The molecule has 0 radical (unpaired) electrons. The first-order valence-electron chi connectivity index (χ1n) is 9.21. The standard InChI is InChI=1S/C19H19FN6O2S/c1-12-22-23-24-26(12)16-11-14(4-5-15(16)20)21-18(27)13-6-8-25(9-7-13)19(28)17-3-2-10-29-17/h2-5,10-11,13H,6-9H2,1H3,(H,21,27). The topological polar surface area (TPSA) is 93.0 Å². The van der Waals surface area contributed by atoms with Crippen LogP contribution in [0.25, 0.3) is 5.69 Å². The van der Waals surface area contributed by atoms with E-state index < -0.39 is 5.82 Å². The fourth-order valence-corrected chi connectivity index (χ4v) is 4.04. The molecular formula is C19H19FN6O2S. The van der Waals surface area contributed by atoms with Crippen molar-refractivity contribution in [1.29, 1.82) is 0 Å². The molecule has 0 aliphatic carbocycles. The highest BCUT2D eigenvalue weighted by Crippen LogP contribution is 2.24. The van der Waals surface area contributed by atoms with Crippen molar-refractivity contribution in [1.82, 2.24) is 25.1 Å². The van der Waals surface area contributed by atoms with Crippen molar-refractivity contribution < 1.29 is 14.0 Å². The molecule has 150 valence electrons. The number of amides is 2. The van der Waals surface area contributed by atoms with E-state index in [9.17, 15) is 14.0 Å². The number of hydrogen-bond donors (Lipinski definition) is 1. The maximum Gasteiger partial charge on any atom is 0.263 e. The highest BCUT2D eigenvalue weighted by Gasteiger charge is 2.28. The van der Waals surface area contributed by atoms with Crippen LogP contribution in [0.1, 0.15) is 28.3 Å². The number of thiophene rings is 1. The van der Waals surface area contributed by atoms with Crippen molar-refractivity contribution >= 4 is 28.8 Å². The van der Waals surface area contributed by atoms with Gasteiger partial charge in [-0.15, -0.1) is 16.4 Å². The monoisotopic (exact) mass is 414 g/mol. The van der Waals surface area contributed by atoms with Crippen LogP contribution in [-0.4, -0.2) is 50.0 Å². The van der Waals surface area contributed by atoms with Gasteiger partial charge in [-0.3, -0.25) is 9.59 Å². The molecule has 1 aliphatic rings. The summed E-state index contributed by atoms with van der Waals surface area (Å²) < 4.78 is 15.5. The second-order valence-electron chi connectivity index (χ2n) is 6.84. The highest BCUT2D eigenvalue weighted by atomic mass is 32.1. The van der Waals surface area contributed by atoms with Gasteiger partial charge < -0.3 is 10.2 Å². The fraction of sp³-hybridized carbons (Fsp3) is 0.316. The molecule has 0 unspecified atom stereocenters. The van der Waals surface area contributed by atoms with E-state index in [0.29, 0.717) is 42.3 Å². The second-order valence-corrected chi connectivity index (χ2v) is 7.78. The fourth-order valence-electron chi connectivity index (χ4n) is 3.35. The molecule has 29 heavy (non-hydrogen) atoms. The Morgan fingerprint density at radius 1 is 1.24 bits per heavy atom. The van der Waals surface area contributed by atoms with Gasteiger partial charge in [0.2, 0.25) is 5.91 Å². The molecule has 2 aromatic heterocycles. The Labute approximate surface area is 170 Å². The number of anilines is 1. The lowest BCUT2D eigenvalue weighted by atomic mass is 9.95. The number of halogens is 1. The predicted molar refractivity (Wildman–Crippen MR) is 105 cm³/mol. The number of carbonyl (C=O) groups excluding carboxylic acids is 2. The van der Waals surface area contributed by atoms with E-state index in [2.05, 4.69) is 20.8 Å². The number of rotatable bonds is 4. The van der Waals surface area contributed by atoms with Crippen molar-refractivity contribution in [2.24, 2.45) is 5.92 Å². The van der Waals surface area contributed by atoms with E-state index in [-0.39, 0.29) is 23.4 Å². The molecule has 8 nitrogen and oxygen atoms in total. The van der Waals surface area contributed by atoms with Gasteiger partial charge in [0.25, 0.3) is 5.91 Å².